The number of hydrogen-bond donors (Lipinski definition) is 0. The van der Waals surface area contributed by atoms with Crippen molar-refractivity contribution in [3.63, 3.8) is 0 Å². The summed E-state index contributed by atoms with van der Waals surface area (Å²) in [5.41, 5.74) is 8.33. The van der Waals surface area contributed by atoms with Crippen LogP contribution in [0.4, 0.5) is 0 Å². The standard InChI is InChI=1S/C29H46/c1-20(2)10-8-11-21(3)23-13-14-24-22-12-15-26-27(4,5)17-9-18-29(26,7)25(22)16-19-28(23,24)6/h14,21,23,26H,1,8-13,15-19H2,2-7H3/t21-,23-,26?,28-,29-/m1/s1. The van der Waals surface area contributed by atoms with E-state index in [1.807, 2.05) is 11.1 Å². The highest BCUT2D eigenvalue weighted by molar-refractivity contribution is 5.49. The highest BCUT2D eigenvalue weighted by Crippen LogP contribution is 2.66. The molecule has 0 spiro atoms. The van der Waals surface area contributed by atoms with E-state index in [0.717, 1.165) is 17.8 Å². The molecule has 0 aromatic heterocycles. The summed E-state index contributed by atoms with van der Waals surface area (Å²) in [6.07, 6.45) is 17.8. The molecule has 162 valence electrons. The van der Waals surface area contributed by atoms with E-state index < -0.39 is 0 Å². The van der Waals surface area contributed by atoms with Gasteiger partial charge < -0.3 is 0 Å². The van der Waals surface area contributed by atoms with Crippen LogP contribution >= 0.6 is 0 Å². The van der Waals surface area contributed by atoms with Crippen LogP contribution in [-0.2, 0) is 0 Å². The van der Waals surface area contributed by atoms with E-state index in [0.29, 0.717) is 16.2 Å². The topological polar surface area (TPSA) is 0 Å². The van der Waals surface area contributed by atoms with Gasteiger partial charge >= 0.3 is 0 Å². The van der Waals surface area contributed by atoms with Crippen molar-refractivity contribution < 1.29 is 0 Å². The molecule has 0 heterocycles. The fourth-order valence-corrected chi connectivity index (χ4v) is 8.61. The molecule has 1 unspecified atom stereocenters. The van der Waals surface area contributed by atoms with Crippen LogP contribution in [0, 0.1) is 34.0 Å². The van der Waals surface area contributed by atoms with Gasteiger partial charge in [0.25, 0.3) is 0 Å². The molecule has 5 atom stereocenters. The summed E-state index contributed by atoms with van der Waals surface area (Å²) in [5, 5.41) is 0. The smallest absolute Gasteiger partial charge is 0.00389 e. The molecule has 0 aromatic rings. The fraction of sp³-hybridized carbons (Fsp3) is 0.793. The van der Waals surface area contributed by atoms with Gasteiger partial charge in [0, 0.05) is 0 Å². The van der Waals surface area contributed by atoms with E-state index in [1.54, 1.807) is 5.57 Å². The molecular weight excluding hydrogens is 348 g/mol. The first-order chi connectivity index (χ1) is 13.6. The molecule has 0 aliphatic heterocycles. The van der Waals surface area contributed by atoms with E-state index >= 15 is 0 Å². The molecule has 0 nitrogen and oxygen atoms in total. The van der Waals surface area contributed by atoms with Crippen molar-refractivity contribution in [1.29, 1.82) is 0 Å². The van der Waals surface area contributed by atoms with Crippen LogP contribution in [0.1, 0.15) is 112 Å². The van der Waals surface area contributed by atoms with Gasteiger partial charge in [-0.25, -0.2) is 0 Å². The Morgan fingerprint density at radius 3 is 2.59 bits per heavy atom. The summed E-state index contributed by atoms with van der Waals surface area (Å²) in [6, 6.07) is 0. The van der Waals surface area contributed by atoms with Crippen molar-refractivity contribution >= 4 is 0 Å². The summed E-state index contributed by atoms with van der Waals surface area (Å²) in [4.78, 5) is 0. The van der Waals surface area contributed by atoms with Crippen LogP contribution in [0.5, 0.6) is 0 Å². The van der Waals surface area contributed by atoms with Crippen molar-refractivity contribution in [2.75, 3.05) is 0 Å². The molecule has 4 aliphatic carbocycles. The van der Waals surface area contributed by atoms with E-state index in [2.05, 4.69) is 54.2 Å². The molecule has 4 aliphatic rings. The van der Waals surface area contributed by atoms with Crippen LogP contribution in [0.2, 0.25) is 0 Å². The Morgan fingerprint density at radius 2 is 1.86 bits per heavy atom. The van der Waals surface area contributed by atoms with Crippen molar-refractivity contribution in [1.82, 2.24) is 0 Å². The normalized spacial score (nSPS) is 39.3. The van der Waals surface area contributed by atoms with Gasteiger partial charge in [-0.2, -0.15) is 0 Å². The van der Waals surface area contributed by atoms with E-state index in [9.17, 15) is 0 Å². The zero-order chi connectivity index (χ0) is 21.0. The summed E-state index contributed by atoms with van der Waals surface area (Å²) >= 11 is 0. The molecule has 1 saturated carbocycles. The van der Waals surface area contributed by atoms with Gasteiger partial charge in [0.1, 0.15) is 0 Å². The summed E-state index contributed by atoms with van der Waals surface area (Å²) < 4.78 is 0. The maximum Gasteiger partial charge on any atom is -0.00389 e. The maximum atomic E-state index is 4.11. The van der Waals surface area contributed by atoms with Gasteiger partial charge in [-0.05, 0) is 110 Å². The van der Waals surface area contributed by atoms with Crippen LogP contribution in [0.3, 0.4) is 0 Å². The molecule has 0 bridgehead atoms. The highest BCUT2D eigenvalue weighted by atomic mass is 14.6. The third kappa shape index (κ3) is 3.41. The highest BCUT2D eigenvalue weighted by Gasteiger charge is 2.55. The lowest BCUT2D eigenvalue weighted by Gasteiger charge is -2.58. The van der Waals surface area contributed by atoms with Crippen molar-refractivity contribution in [2.45, 2.75) is 112 Å². The van der Waals surface area contributed by atoms with Gasteiger partial charge in [-0.3, -0.25) is 0 Å². The molecule has 0 heteroatoms. The van der Waals surface area contributed by atoms with Gasteiger partial charge in [0.05, 0.1) is 0 Å². The largest absolute Gasteiger partial charge is 0.100 e. The number of hydrogen-bond acceptors (Lipinski definition) is 0. The molecular formula is C29H46. The van der Waals surface area contributed by atoms with Gasteiger partial charge in [0.2, 0.25) is 0 Å². The first kappa shape index (κ1) is 21.5. The molecule has 0 amide bonds. The molecule has 0 saturated heterocycles. The molecule has 0 N–H and O–H groups in total. The molecule has 1 fully saturated rings. The zero-order valence-electron chi connectivity index (χ0n) is 20.3. The Bertz CT molecular complexity index is 731. The Kier molecular flexibility index (Phi) is 5.49. The van der Waals surface area contributed by atoms with Crippen LogP contribution < -0.4 is 0 Å². The van der Waals surface area contributed by atoms with Crippen molar-refractivity contribution in [2.24, 2.45) is 34.0 Å². The minimum atomic E-state index is 0.439. The number of allylic oxidation sites excluding steroid dienone is 5. The van der Waals surface area contributed by atoms with Gasteiger partial charge in [-0.1, -0.05) is 64.7 Å². The molecule has 29 heavy (non-hydrogen) atoms. The van der Waals surface area contributed by atoms with Crippen LogP contribution in [0.25, 0.3) is 0 Å². The van der Waals surface area contributed by atoms with Gasteiger partial charge in [-0.15, -0.1) is 6.58 Å². The first-order valence-electron chi connectivity index (χ1n) is 12.7. The third-order valence-electron chi connectivity index (χ3n) is 10.1. The third-order valence-corrected chi connectivity index (χ3v) is 10.1. The number of fused-ring (bicyclic) bond motifs is 4. The Balaban J connectivity index is 1.58. The van der Waals surface area contributed by atoms with Crippen LogP contribution in [0.15, 0.2) is 34.9 Å². The van der Waals surface area contributed by atoms with E-state index in [-0.39, 0.29) is 0 Å². The predicted molar refractivity (Wildman–Crippen MR) is 127 cm³/mol. The van der Waals surface area contributed by atoms with E-state index in [4.69, 9.17) is 0 Å². The van der Waals surface area contributed by atoms with Gasteiger partial charge in [0.15, 0.2) is 0 Å². The summed E-state index contributed by atoms with van der Waals surface area (Å²) in [6.45, 7) is 19.2. The second-order valence-corrected chi connectivity index (χ2v) is 12.5. The molecule has 4 rings (SSSR count). The number of rotatable bonds is 5. The monoisotopic (exact) mass is 394 g/mol. The Morgan fingerprint density at radius 1 is 1.10 bits per heavy atom. The molecule has 0 aromatic carbocycles. The fourth-order valence-electron chi connectivity index (χ4n) is 8.61. The second kappa shape index (κ2) is 7.42. The van der Waals surface area contributed by atoms with Crippen LogP contribution in [-0.4, -0.2) is 0 Å². The SMILES string of the molecule is C=C(C)CCC[C@@H](C)[C@H]1CC=C2C3=C(CC[C@@]21C)[C@@]1(C)CCCC(C)(C)C1CC3. The summed E-state index contributed by atoms with van der Waals surface area (Å²) in [7, 11) is 0. The minimum absolute atomic E-state index is 0.439. The van der Waals surface area contributed by atoms with Crippen molar-refractivity contribution in [3.8, 4) is 0 Å². The Labute approximate surface area is 181 Å². The first-order valence-corrected chi connectivity index (χ1v) is 12.7. The second-order valence-electron chi connectivity index (χ2n) is 12.5. The van der Waals surface area contributed by atoms with Crippen molar-refractivity contribution in [3.05, 3.63) is 34.9 Å². The average molecular weight is 395 g/mol. The lowest BCUT2D eigenvalue weighted by Crippen LogP contribution is -2.47. The molecule has 0 radical (unpaired) electrons. The van der Waals surface area contributed by atoms with E-state index in [1.165, 1.54) is 76.2 Å². The Hall–Kier alpha value is -0.780. The quantitative estimate of drug-likeness (QED) is 0.408. The lowest BCUT2D eigenvalue weighted by atomic mass is 9.47. The zero-order valence-corrected chi connectivity index (χ0v) is 20.3. The maximum absolute atomic E-state index is 4.11. The average Bonchev–Trinajstić information content (AvgIpc) is 2.98. The predicted octanol–water partition coefficient (Wildman–Crippen LogP) is 9.04. The minimum Gasteiger partial charge on any atom is -0.100 e. The lowest BCUT2D eigenvalue weighted by molar-refractivity contribution is 0.00593. The summed E-state index contributed by atoms with van der Waals surface area (Å²) in [5.74, 6) is 2.58.